The zero-order valence-corrected chi connectivity index (χ0v) is 25.6. The Morgan fingerprint density at radius 1 is 0.927 bits per heavy atom. The van der Waals surface area contributed by atoms with Crippen molar-refractivity contribution in [3.05, 3.63) is 83.9 Å². The summed E-state index contributed by atoms with van der Waals surface area (Å²) >= 11 is 0. The number of likely N-dealkylation sites (tertiary alicyclic amines) is 1. The number of urea groups is 1. The molecule has 0 bridgehead atoms. The average Bonchev–Trinajstić information content (AvgIpc) is 2.92. The summed E-state index contributed by atoms with van der Waals surface area (Å²) in [6.07, 6.45) is 5.08. The second kappa shape index (κ2) is 15.1. The van der Waals surface area contributed by atoms with E-state index in [1.165, 1.54) is 11.1 Å². The van der Waals surface area contributed by atoms with Gasteiger partial charge in [-0.05, 0) is 80.3 Å². The van der Waals surface area contributed by atoms with Crippen molar-refractivity contribution < 1.29 is 17.9 Å². The average molecular weight is 601 g/mol. The van der Waals surface area contributed by atoms with Gasteiger partial charge < -0.3 is 15.0 Å². The van der Waals surface area contributed by atoms with E-state index in [0.29, 0.717) is 11.4 Å². The van der Waals surface area contributed by atoms with E-state index < -0.39 is 10.0 Å². The molecule has 8 nitrogen and oxygen atoms in total. The van der Waals surface area contributed by atoms with Crippen molar-refractivity contribution in [3.8, 4) is 11.5 Å². The number of hydrogen-bond acceptors (Lipinski definition) is 5. The molecule has 3 aromatic rings. The second-order valence-electron chi connectivity index (χ2n) is 10.5. The number of sulfonamides is 1. The normalized spacial score (nSPS) is 14.1. The smallest absolute Gasteiger partial charge is 0.322 e. The molecule has 1 aliphatic rings. The predicted octanol–water partition coefficient (Wildman–Crippen LogP) is 6.88. The maximum absolute atomic E-state index is 13.2. The van der Waals surface area contributed by atoms with Gasteiger partial charge in [-0.1, -0.05) is 43.2 Å². The number of anilines is 2. The number of nitrogens with one attached hydrogen (secondary N) is 2. The van der Waals surface area contributed by atoms with Gasteiger partial charge in [-0.3, -0.25) is 9.62 Å². The Morgan fingerprint density at radius 2 is 1.49 bits per heavy atom. The molecule has 222 valence electrons. The molecule has 1 saturated heterocycles. The van der Waals surface area contributed by atoms with E-state index in [2.05, 4.69) is 34.0 Å². The van der Waals surface area contributed by atoms with Gasteiger partial charge >= 0.3 is 6.03 Å². The minimum absolute atomic E-state index is 0. The van der Waals surface area contributed by atoms with E-state index in [1.807, 2.05) is 48.2 Å². The number of amides is 2. The summed E-state index contributed by atoms with van der Waals surface area (Å²) in [7, 11) is -3.31. The Bertz CT molecular complexity index is 1340. The minimum atomic E-state index is -3.31. The van der Waals surface area contributed by atoms with Crippen molar-refractivity contribution in [2.24, 2.45) is 0 Å². The van der Waals surface area contributed by atoms with Crippen molar-refractivity contribution >= 4 is 39.8 Å². The fraction of sp³-hybridized carbons (Fsp3) is 0.387. The number of carbonyl (C=O) groups is 1. The van der Waals surface area contributed by atoms with Crippen LogP contribution in [0.3, 0.4) is 0 Å². The lowest BCUT2D eigenvalue weighted by molar-refractivity contribution is 0.122. The molecular weight excluding hydrogens is 560 g/mol. The van der Waals surface area contributed by atoms with E-state index in [9.17, 15) is 13.2 Å². The predicted molar refractivity (Wildman–Crippen MR) is 169 cm³/mol. The zero-order valence-electron chi connectivity index (χ0n) is 24.0. The topological polar surface area (TPSA) is 91.0 Å². The third kappa shape index (κ3) is 10.3. The Kier molecular flexibility index (Phi) is 11.9. The van der Waals surface area contributed by atoms with Crippen LogP contribution in [0.1, 0.15) is 43.7 Å². The summed E-state index contributed by atoms with van der Waals surface area (Å²) in [5.41, 5.74) is 3.71. The fourth-order valence-corrected chi connectivity index (χ4v) is 5.43. The molecule has 0 atom stereocenters. The van der Waals surface area contributed by atoms with Crippen molar-refractivity contribution in [2.75, 3.05) is 35.9 Å². The standard InChI is InChI=1S/C31H40N4O4S.ClH/c1-4-5-20-35(31(36)32-26-10-6-24(2)7-11-26)28-18-21-34(22-19-28)23-25-8-14-29(15-9-25)39-30-16-12-27(13-17-30)33-40(3,37)38;/h6-17,28,33H,4-5,18-23H2,1-3H3,(H,32,36);1H. The molecule has 0 spiro atoms. The molecule has 3 aromatic carbocycles. The van der Waals surface area contributed by atoms with Gasteiger partial charge in [0.25, 0.3) is 0 Å². The number of piperidine rings is 1. The number of unbranched alkanes of at least 4 members (excludes halogenated alkanes) is 1. The number of carbonyl (C=O) groups excluding carboxylic acids is 1. The summed E-state index contributed by atoms with van der Waals surface area (Å²) in [6.45, 7) is 7.71. The maximum atomic E-state index is 13.2. The summed E-state index contributed by atoms with van der Waals surface area (Å²) in [5, 5.41) is 3.09. The Labute approximate surface area is 250 Å². The van der Waals surface area contributed by atoms with Gasteiger partial charge in [-0.25, -0.2) is 13.2 Å². The first kappa shape index (κ1) is 32.2. The quantitative estimate of drug-likeness (QED) is 0.250. The molecule has 41 heavy (non-hydrogen) atoms. The first-order valence-corrected chi connectivity index (χ1v) is 15.8. The number of benzene rings is 3. The highest BCUT2D eigenvalue weighted by Crippen LogP contribution is 2.25. The number of rotatable bonds is 11. The van der Waals surface area contributed by atoms with E-state index >= 15 is 0 Å². The van der Waals surface area contributed by atoms with Crippen LogP contribution in [0.4, 0.5) is 16.2 Å². The maximum Gasteiger partial charge on any atom is 0.322 e. The lowest BCUT2D eigenvalue weighted by Gasteiger charge is -2.38. The molecule has 2 N–H and O–H groups in total. The number of nitrogens with zero attached hydrogens (tertiary/aromatic N) is 2. The molecule has 1 fully saturated rings. The van der Waals surface area contributed by atoms with E-state index in [-0.39, 0.29) is 24.5 Å². The molecule has 0 radical (unpaired) electrons. The largest absolute Gasteiger partial charge is 0.457 e. The number of aryl methyl sites for hydroxylation is 1. The molecule has 1 heterocycles. The molecule has 0 aliphatic carbocycles. The lowest BCUT2D eigenvalue weighted by Crippen LogP contribution is -2.49. The first-order chi connectivity index (χ1) is 19.2. The summed E-state index contributed by atoms with van der Waals surface area (Å²) in [4.78, 5) is 17.7. The van der Waals surface area contributed by atoms with Gasteiger partial charge in [0.05, 0.1) is 6.26 Å². The Hall–Kier alpha value is -3.27. The van der Waals surface area contributed by atoms with Crippen molar-refractivity contribution in [1.29, 1.82) is 0 Å². The van der Waals surface area contributed by atoms with Crippen LogP contribution in [0.5, 0.6) is 11.5 Å². The minimum Gasteiger partial charge on any atom is -0.457 e. The van der Waals surface area contributed by atoms with Gasteiger partial charge in [0.15, 0.2) is 0 Å². The number of ether oxygens (including phenoxy) is 1. The highest BCUT2D eigenvalue weighted by atomic mass is 35.5. The van der Waals surface area contributed by atoms with Crippen LogP contribution in [0.15, 0.2) is 72.8 Å². The van der Waals surface area contributed by atoms with Gasteiger partial charge in [0.2, 0.25) is 10.0 Å². The van der Waals surface area contributed by atoms with E-state index in [4.69, 9.17) is 4.74 Å². The SMILES string of the molecule is CCCCN(C(=O)Nc1ccc(C)cc1)C1CCN(Cc2ccc(Oc3ccc(NS(C)(=O)=O)cc3)cc2)CC1.Cl. The van der Waals surface area contributed by atoms with Crippen LogP contribution in [-0.2, 0) is 16.6 Å². The van der Waals surface area contributed by atoms with Crippen molar-refractivity contribution in [1.82, 2.24) is 9.80 Å². The van der Waals surface area contributed by atoms with Crippen LogP contribution in [-0.4, -0.2) is 56.2 Å². The molecule has 10 heteroatoms. The summed E-state index contributed by atoms with van der Waals surface area (Å²) in [6, 6.07) is 23.0. The van der Waals surface area contributed by atoms with E-state index in [0.717, 1.165) is 69.6 Å². The van der Waals surface area contributed by atoms with Crippen LogP contribution in [0, 0.1) is 6.92 Å². The third-order valence-electron chi connectivity index (χ3n) is 7.04. The van der Waals surface area contributed by atoms with Crippen molar-refractivity contribution in [3.63, 3.8) is 0 Å². The highest BCUT2D eigenvalue weighted by Gasteiger charge is 2.27. The van der Waals surface area contributed by atoms with Crippen LogP contribution in [0.25, 0.3) is 0 Å². The van der Waals surface area contributed by atoms with Gasteiger partial charge in [0.1, 0.15) is 11.5 Å². The van der Waals surface area contributed by atoms with Crippen LogP contribution < -0.4 is 14.8 Å². The third-order valence-corrected chi connectivity index (χ3v) is 7.64. The van der Waals surface area contributed by atoms with Gasteiger partial charge in [-0.15, -0.1) is 12.4 Å². The van der Waals surface area contributed by atoms with Crippen LogP contribution >= 0.6 is 12.4 Å². The van der Waals surface area contributed by atoms with Crippen molar-refractivity contribution in [2.45, 2.75) is 52.1 Å². The summed E-state index contributed by atoms with van der Waals surface area (Å²) < 4.78 is 31.1. The molecule has 0 unspecified atom stereocenters. The number of halogens is 1. The summed E-state index contributed by atoms with van der Waals surface area (Å²) in [5.74, 6) is 1.35. The molecule has 2 amide bonds. The second-order valence-corrected chi connectivity index (χ2v) is 12.2. The van der Waals surface area contributed by atoms with Crippen LogP contribution in [0.2, 0.25) is 0 Å². The van der Waals surface area contributed by atoms with Gasteiger partial charge in [0, 0.05) is 43.6 Å². The monoisotopic (exact) mass is 600 g/mol. The Balaban J connectivity index is 0.00000462. The molecule has 0 saturated carbocycles. The zero-order chi connectivity index (χ0) is 28.5. The molecular formula is C31H41ClN4O4S. The van der Waals surface area contributed by atoms with Gasteiger partial charge in [-0.2, -0.15) is 0 Å². The fourth-order valence-electron chi connectivity index (χ4n) is 4.86. The first-order valence-electron chi connectivity index (χ1n) is 13.9. The molecule has 0 aromatic heterocycles. The number of hydrogen-bond donors (Lipinski definition) is 2. The Morgan fingerprint density at radius 3 is 2.05 bits per heavy atom. The molecule has 1 aliphatic heterocycles. The molecule has 4 rings (SSSR count). The van der Waals surface area contributed by atoms with E-state index in [1.54, 1.807) is 24.3 Å². The highest BCUT2D eigenvalue weighted by molar-refractivity contribution is 7.92. The lowest BCUT2D eigenvalue weighted by atomic mass is 10.0.